The van der Waals surface area contributed by atoms with E-state index in [0.717, 1.165) is 11.1 Å². The third-order valence-electron chi connectivity index (χ3n) is 4.45. The normalized spacial score (nSPS) is 10.8. The van der Waals surface area contributed by atoms with Crippen molar-refractivity contribution in [1.29, 1.82) is 5.26 Å². The summed E-state index contributed by atoms with van der Waals surface area (Å²) in [5.74, 6) is -0.178. The van der Waals surface area contributed by atoms with Crippen molar-refractivity contribution in [3.8, 4) is 6.07 Å². The molecule has 152 valence electrons. The van der Waals surface area contributed by atoms with Crippen molar-refractivity contribution in [3.63, 3.8) is 0 Å². The minimum Gasteiger partial charge on any atom is -0.326 e. The summed E-state index contributed by atoms with van der Waals surface area (Å²) in [4.78, 5) is 12.3. The second kappa shape index (κ2) is 9.25. The van der Waals surface area contributed by atoms with Crippen LogP contribution in [0.4, 0.5) is 11.4 Å². The predicted molar refractivity (Wildman–Crippen MR) is 117 cm³/mol. The van der Waals surface area contributed by atoms with E-state index in [2.05, 4.69) is 10.0 Å². The third-order valence-corrected chi connectivity index (χ3v) is 5.85. The summed E-state index contributed by atoms with van der Waals surface area (Å²) in [7, 11) is -3.68. The largest absolute Gasteiger partial charge is 0.326 e. The minimum atomic E-state index is -3.68. The van der Waals surface area contributed by atoms with E-state index in [0.29, 0.717) is 23.4 Å². The zero-order chi connectivity index (χ0) is 21.6. The molecule has 3 aromatic carbocycles. The Morgan fingerprint density at radius 2 is 1.67 bits per heavy atom. The number of anilines is 2. The molecule has 1 amide bonds. The zero-order valence-electron chi connectivity index (χ0n) is 16.4. The first-order chi connectivity index (χ1) is 14.4. The molecule has 30 heavy (non-hydrogen) atoms. The molecule has 6 nitrogen and oxygen atoms in total. The molecule has 0 aliphatic rings. The lowest BCUT2D eigenvalue weighted by atomic mass is 10.1. The Bertz CT molecular complexity index is 1180. The van der Waals surface area contributed by atoms with Crippen LogP contribution in [0.2, 0.25) is 0 Å². The van der Waals surface area contributed by atoms with Crippen LogP contribution < -0.4 is 10.0 Å². The van der Waals surface area contributed by atoms with E-state index >= 15 is 0 Å². The fourth-order valence-corrected chi connectivity index (χ4v) is 3.88. The van der Waals surface area contributed by atoms with Crippen LogP contribution in [0, 0.1) is 18.3 Å². The van der Waals surface area contributed by atoms with Gasteiger partial charge in [-0.25, -0.2) is 8.42 Å². The van der Waals surface area contributed by atoms with Gasteiger partial charge in [0.25, 0.3) is 10.0 Å². The lowest BCUT2D eigenvalue weighted by Gasteiger charge is -2.09. The second-order valence-corrected chi connectivity index (χ2v) is 8.54. The topological polar surface area (TPSA) is 99.1 Å². The van der Waals surface area contributed by atoms with Gasteiger partial charge in [0, 0.05) is 17.8 Å². The highest BCUT2D eigenvalue weighted by Crippen LogP contribution is 2.18. The van der Waals surface area contributed by atoms with Crippen LogP contribution in [0.1, 0.15) is 23.1 Å². The summed E-state index contributed by atoms with van der Waals surface area (Å²) in [6, 6.07) is 22.3. The standard InChI is InChI=1S/C23H21N3O3S/c1-17-5-10-20(11-6-17)26-30(28,29)22-12-7-18(8-13-22)9-14-23(27)25-21-4-2-3-19(15-21)16-24/h2-8,10-13,15,26H,9,14H2,1H3,(H,25,27). The van der Waals surface area contributed by atoms with Crippen LogP contribution >= 0.6 is 0 Å². The molecule has 0 atom stereocenters. The molecule has 0 fully saturated rings. The highest BCUT2D eigenvalue weighted by atomic mass is 32.2. The maximum absolute atomic E-state index is 12.5. The molecule has 0 aliphatic heterocycles. The molecule has 3 rings (SSSR count). The van der Waals surface area contributed by atoms with Gasteiger partial charge in [-0.05, 0) is 61.4 Å². The zero-order valence-corrected chi connectivity index (χ0v) is 17.2. The van der Waals surface area contributed by atoms with Gasteiger partial charge in [0.15, 0.2) is 0 Å². The Morgan fingerprint density at radius 1 is 0.967 bits per heavy atom. The molecule has 0 aromatic heterocycles. The quantitative estimate of drug-likeness (QED) is 0.598. The number of aryl methyl sites for hydroxylation is 2. The summed E-state index contributed by atoms with van der Waals surface area (Å²) < 4.78 is 27.6. The monoisotopic (exact) mass is 419 g/mol. The van der Waals surface area contributed by atoms with Gasteiger partial charge in [0.1, 0.15) is 0 Å². The average molecular weight is 420 g/mol. The molecule has 0 unspecified atom stereocenters. The molecule has 3 aromatic rings. The Balaban J connectivity index is 1.58. The maximum Gasteiger partial charge on any atom is 0.261 e. The molecule has 0 saturated carbocycles. The van der Waals surface area contributed by atoms with Crippen molar-refractivity contribution in [2.24, 2.45) is 0 Å². The van der Waals surface area contributed by atoms with Crippen LogP contribution in [0.5, 0.6) is 0 Å². The van der Waals surface area contributed by atoms with Crippen molar-refractivity contribution in [2.75, 3.05) is 10.0 Å². The van der Waals surface area contributed by atoms with Gasteiger partial charge in [-0.3, -0.25) is 9.52 Å². The summed E-state index contributed by atoms with van der Waals surface area (Å²) >= 11 is 0. The van der Waals surface area contributed by atoms with E-state index < -0.39 is 10.0 Å². The van der Waals surface area contributed by atoms with E-state index in [1.807, 2.05) is 25.1 Å². The summed E-state index contributed by atoms with van der Waals surface area (Å²) in [5, 5.41) is 11.7. The Morgan fingerprint density at radius 3 is 2.33 bits per heavy atom. The van der Waals surface area contributed by atoms with Gasteiger partial charge < -0.3 is 5.32 Å². The fourth-order valence-electron chi connectivity index (χ4n) is 2.82. The first-order valence-electron chi connectivity index (χ1n) is 9.34. The van der Waals surface area contributed by atoms with E-state index in [4.69, 9.17) is 5.26 Å². The molecule has 0 bridgehead atoms. The number of nitrogens with zero attached hydrogens (tertiary/aromatic N) is 1. The van der Waals surface area contributed by atoms with Gasteiger partial charge in [0.2, 0.25) is 5.91 Å². The lowest BCUT2D eigenvalue weighted by Crippen LogP contribution is -2.13. The van der Waals surface area contributed by atoms with Crippen LogP contribution in [0.3, 0.4) is 0 Å². The lowest BCUT2D eigenvalue weighted by molar-refractivity contribution is -0.116. The van der Waals surface area contributed by atoms with Gasteiger partial charge in [0.05, 0.1) is 16.5 Å². The Labute approximate surface area is 176 Å². The van der Waals surface area contributed by atoms with Gasteiger partial charge in [-0.15, -0.1) is 0 Å². The SMILES string of the molecule is Cc1ccc(NS(=O)(=O)c2ccc(CCC(=O)Nc3cccc(C#N)c3)cc2)cc1. The van der Waals surface area contributed by atoms with Crippen LogP contribution in [0.15, 0.2) is 77.7 Å². The molecule has 2 N–H and O–H groups in total. The number of hydrogen-bond donors (Lipinski definition) is 2. The Hall–Kier alpha value is -3.63. The molecular weight excluding hydrogens is 398 g/mol. The number of sulfonamides is 1. The number of nitriles is 1. The van der Waals surface area contributed by atoms with E-state index in [-0.39, 0.29) is 17.2 Å². The van der Waals surface area contributed by atoms with E-state index in [9.17, 15) is 13.2 Å². The van der Waals surface area contributed by atoms with Crippen molar-refractivity contribution in [1.82, 2.24) is 0 Å². The first-order valence-corrected chi connectivity index (χ1v) is 10.8. The molecule has 0 heterocycles. The number of amides is 1. The molecule has 7 heteroatoms. The minimum absolute atomic E-state index is 0.157. The van der Waals surface area contributed by atoms with Gasteiger partial charge in [-0.2, -0.15) is 5.26 Å². The Kier molecular flexibility index (Phi) is 6.50. The van der Waals surface area contributed by atoms with Crippen molar-refractivity contribution < 1.29 is 13.2 Å². The van der Waals surface area contributed by atoms with E-state index in [1.165, 1.54) is 12.1 Å². The molecule has 0 aliphatic carbocycles. The number of benzene rings is 3. The van der Waals surface area contributed by atoms with Gasteiger partial charge >= 0.3 is 0 Å². The van der Waals surface area contributed by atoms with Crippen molar-refractivity contribution in [3.05, 3.63) is 89.5 Å². The number of carbonyl (C=O) groups is 1. The molecule has 0 spiro atoms. The number of rotatable bonds is 7. The second-order valence-electron chi connectivity index (χ2n) is 6.86. The molecule has 0 radical (unpaired) electrons. The van der Waals surface area contributed by atoms with Crippen LogP contribution in [0.25, 0.3) is 0 Å². The van der Waals surface area contributed by atoms with Crippen molar-refractivity contribution in [2.45, 2.75) is 24.7 Å². The highest BCUT2D eigenvalue weighted by molar-refractivity contribution is 7.92. The number of nitrogens with one attached hydrogen (secondary N) is 2. The van der Waals surface area contributed by atoms with E-state index in [1.54, 1.807) is 48.5 Å². The third kappa shape index (κ3) is 5.69. The average Bonchev–Trinajstić information content (AvgIpc) is 2.74. The summed E-state index contributed by atoms with van der Waals surface area (Å²) in [5.41, 5.74) is 3.45. The fraction of sp³-hybridized carbons (Fsp3) is 0.130. The first kappa shape index (κ1) is 21.1. The smallest absolute Gasteiger partial charge is 0.261 e. The maximum atomic E-state index is 12.5. The summed E-state index contributed by atoms with van der Waals surface area (Å²) in [6.45, 7) is 1.93. The number of carbonyl (C=O) groups excluding carboxylic acids is 1. The van der Waals surface area contributed by atoms with Gasteiger partial charge in [-0.1, -0.05) is 35.9 Å². The van der Waals surface area contributed by atoms with Crippen LogP contribution in [-0.4, -0.2) is 14.3 Å². The van der Waals surface area contributed by atoms with Crippen LogP contribution in [-0.2, 0) is 21.2 Å². The molecular formula is C23H21N3O3S. The predicted octanol–water partition coefficient (Wildman–Crippen LogP) is 4.24. The van der Waals surface area contributed by atoms with Crippen molar-refractivity contribution >= 4 is 27.3 Å². The number of hydrogen-bond acceptors (Lipinski definition) is 4. The summed E-state index contributed by atoms with van der Waals surface area (Å²) in [6.07, 6.45) is 0.708. The highest BCUT2D eigenvalue weighted by Gasteiger charge is 2.14. The molecule has 0 saturated heterocycles.